The molecule has 0 bridgehead atoms. The predicted molar refractivity (Wildman–Crippen MR) is 63.7 cm³/mol. The molecule has 0 aliphatic carbocycles. The summed E-state index contributed by atoms with van der Waals surface area (Å²) in [6.07, 6.45) is 4.00. The van der Waals surface area contributed by atoms with Crippen molar-refractivity contribution in [3.63, 3.8) is 0 Å². The third kappa shape index (κ3) is 2.31. The summed E-state index contributed by atoms with van der Waals surface area (Å²) in [6, 6.07) is 7.50. The highest BCUT2D eigenvalue weighted by molar-refractivity contribution is 5.86. The number of hydrogen-bond donors (Lipinski definition) is 1. The van der Waals surface area contributed by atoms with Crippen molar-refractivity contribution in [3.05, 3.63) is 42.0 Å². The van der Waals surface area contributed by atoms with E-state index in [2.05, 4.69) is 0 Å². The van der Waals surface area contributed by atoms with Crippen molar-refractivity contribution in [1.82, 2.24) is 0 Å². The molecule has 1 atom stereocenters. The van der Waals surface area contributed by atoms with Crippen LogP contribution in [0, 0.1) is 0 Å². The van der Waals surface area contributed by atoms with E-state index in [1.165, 1.54) is 0 Å². The summed E-state index contributed by atoms with van der Waals surface area (Å²) in [4.78, 5) is 11.5. The van der Waals surface area contributed by atoms with E-state index in [-0.39, 0.29) is 0 Å². The minimum Gasteiger partial charge on any atom is -0.497 e. The highest BCUT2D eigenvalue weighted by Gasteiger charge is 2.37. The second-order valence-electron chi connectivity index (χ2n) is 3.99. The van der Waals surface area contributed by atoms with Crippen LogP contribution in [0.3, 0.4) is 0 Å². The Kier molecular flexibility index (Phi) is 3.15. The predicted octanol–water partition coefficient (Wildman–Crippen LogP) is 1.05. The summed E-state index contributed by atoms with van der Waals surface area (Å²) in [7, 11) is 1.61. The number of primary amides is 1. The molecule has 0 fully saturated rings. The van der Waals surface area contributed by atoms with Crippen LogP contribution in [0.1, 0.15) is 5.56 Å². The normalized spacial score (nSPS) is 22.6. The number of rotatable bonds is 4. The largest absolute Gasteiger partial charge is 0.497 e. The number of methoxy groups -OCH3 is 1. The topological polar surface area (TPSA) is 61.5 Å². The average molecular weight is 233 g/mol. The van der Waals surface area contributed by atoms with Gasteiger partial charge in [-0.05, 0) is 23.8 Å². The molecule has 1 heterocycles. The molecule has 4 heteroatoms. The summed E-state index contributed by atoms with van der Waals surface area (Å²) < 4.78 is 10.5. The van der Waals surface area contributed by atoms with Gasteiger partial charge in [-0.2, -0.15) is 0 Å². The maximum Gasteiger partial charge on any atom is 0.254 e. The van der Waals surface area contributed by atoms with Gasteiger partial charge in [-0.15, -0.1) is 0 Å². The van der Waals surface area contributed by atoms with E-state index >= 15 is 0 Å². The van der Waals surface area contributed by atoms with Crippen LogP contribution >= 0.6 is 0 Å². The molecule has 1 aliphatic heterocycles. The van der Waals surface area contributed by atoms with E-state index in [0.717, 1.165) is 11.3 Å². The van der Waals surface area contributed by atoms with Crippen LogP contribution in [0.2, 0.25) is 0 Å². The second kappa shape index (κ2) is 4.59. The molecule has 0 saturated carbocycles. The maximum absolute atomic E-state index is 11.5. The summed E-state index contributed by atoms with van der Waals surface area (Å²) >= 11 is 0. The first-order chi connectivity index (χ1) is 8.16. The Morgan fingerprint density at radius 2 is 2.18 bits per heavy atom. The van der Waals surface area contributed by atoms with Crippen molar-refractivity contribution >= 4 is 5.91 Å². The highest BCUT2D eigenvalue weighted by atomic mass is 16.5. The van der Waals surface area contributed by atoms with Gasteiger partial charge in [0.05, 0.1) is 13.7 Å². The molecule has 1 unspecified atom stereocenters. The molecule has 90 valence electrons. The summed E-state index contributed by atoms with van der Waals surface area (Å²) in [6.45, 7) is 0.430. The third-order valence-electron chi connectivity index (χ3n) is 2.87. The van der Waals surface area contributed by atoms with Crippen LogP contribution in [0.15, 0.2) is 36.4 Å². The van der Waals surface area contributed by atoms with Crippen molar-refractivity contribution < 1.29 is 14.3 Å². The second-order valence-corrected chi connectivity index (χ2v) is 3.99. The van der Waals surface area contributed by atoms with E-state index in [0.29, 0.717) is 13.0 Å². The Hall–Kier alpha value is -1.81. The van der Waals surface area contributed by atoms with Gasteiger partial charge in [0.2, 0.25) is 0 Å². The highest BCUT2D eigenvalue weighted by Crippen LogP contribution is 2.25. The molecule has 1 amide bonds. The molecule has 0 saturated heterocycles. The van der Waals surface area contributed by atoms with Crippen LogP contribution in [0.5, 0.6) is 5.75 Å². The van der Waals surface area contributed by atoms with Crippen LogP contribution in [0.4, 0.5) is 0 Å². The number of nitrogens with two attached hydrogens (primary N) is 1. The Balaban J connectivity index is 2.18. The lowest BCUT2D eigenvalue weighted by molar-refractivity contribution is -0.134. The van der Waals surface area contributed by atoms with Gasteiger partial charge in [0.15, 0.2) is 5.60 Å². The van der Waals surface area contributed by atoms with Crippen molar-refractivity contribution in [3.8, 4) is 5.75 Å². The number of benzene rings is 1. The molecule has 2 rings (SSSR count). The third-order valence-corrected chi connectivity index (χ3v) is 2.87. The van der Waals surface area contributed by atoms with E-state index < -0.39 is 11.5 Å². The summed E-state index contributed by atoms with van der Waals surface area (Å²) in [5.74, 6) is 0.326. The van der Waals surface area contributed by atoms with E-state index in [4.69, 9.17) is 15.2 Å². The first kappa shape index (κ1) is 11.7. The van der Waals surface area contributed by atoms with Crippen molar-refractivity contribution in [1.29, 1.82) is 0 Å². The fourth-order valence-electron chi connectivity index (χ4n) is 1.88. The zero-order chi connectivity index (χ0) is 12.3. The first-order valence-corrected chi connectivity index (χ1v) is 5.41. The molecule has 4 nitrogen and oxygen atoms in total. The average Bonchev–Trinajstić information content (AvgIpc) is 2.80. The molecule has 0 aromatic heterocycles. The van der Waals surface area contributed by atoms with Crippen molar-refractivity contribution in [2.24, 2.45) is 5.73 Å². The van der Waals surface area contributed by atoms with Gasteiger partial charge in [-0.3, -0.25) is 4.79 Å². The summed E-state index contributed by atoms with van der Waals surface area (Å²) in [5.41, 5.74) is 5.39. The summed E-state index contributed by atoms with van der Waals surface area (Å²) in [5, 5.41) is 0. The molecule has 1 aromatic carbocycles. The lowest BCUT2D eigenvalue weighted by atomic mass is 9.94. The minimum atomic E-state index is -0.991. The van der Waals surface area contributed by atoms with Gasteiger partial charge in [-0.25, -0.2) is 0 Å². The van der Waals surface area contributed by atoms with Crippen molar-refractivity contribution in [2.75, 3.05) is 13.7 Å². The van der Waals surface area contributed by atoms with E-state index in [1.807, 2.05) is 30.3 Å². The molecular formula is C13H15NO3. The van der Waals surface area contributed by atoms with E-state index in [1.54, 1.807) is 13.2 Å². The molecule has 0 spiro atoms. The van der Waals surface area contributed by atoms with Gasteiger partial charge in [-0.1, -0.05) is 18.2 Å². The van der Waals surface area contributed by atoms with Crippen LogP contribution in [0.25, 0.3) is 0 Å². The number of carbonyl (C=O) groups excluding carboxylic acids is 1. The zero-order valence-corrected chi connectivity index (χ0v) is 9.68. The maximum atomic E-state index is 11.5. The quantitative estimate of drug-likeness (QED) is 0.791. The zero-order valence-electron chi connectivity index (χ0n) is 9.68. The fourth-order valence-corrected chi connectivity index (χ4v) is 1.88. The van der Waals surface area contributed by atoms with Crippen LogP contribution in [-0.4, -0.2) is 25.2 Å². The Bertz CT molecular complexity index is 438. The van der Waals surface area contributed by atoms with Crippen molar-refractivity contribution in [2.45, 2.75) is 12.0 Å². The smallest absolute Gasteiger partial charge is 0.254 e. The van der Waals surface area contributed by atoms with Gasteiger partial charge >= 0.3 is 0 Å². The van der Waals surface area contributed by atoms with E-state index in [9.17, 15) is 4.79 Å². The number of carbonyl (C=O) groups is 1. The van der Waals surface area contributed by atoms with Gasteiger partial charge < -0.3 is 15.2 Å². The Labute approximate surface area is 100 Å². The van der Waals surface area contributed by atoms with Gasteiger partial charge in [0.25, 0.3) is 5.91 Å². The molecule has 2 N–H and O–H groups in total. The van der Waals surface area contributed by atoms with Crippen LogP contribution in [-0.2, 0) is 16.0 Å². The fraction of sp³-hybridized carbons (Fsp3) is 0.308. The molecule has 1 aliphatic rings. The standard InChI is InChI=1S/C13H15NO3/c1-16-11-5-3-10(4-6-11)9-13(12(14)15)7-2-8-17-13/h2-7H,8-9H2,1H3,(H2,14,15). The van der Waals surface area contributed by atoms with Gasteiger partial charge in [0, 0.05) is 6.42 Å². The number of hydrogen-bond acceptors (Lipinski definition) is 3. The Morgan fingerprint density at radius 1 is 1.47 bits per heavy atom. The minimum absolute atomic E-state index is 0.430. The molecule has 0 radical (unpaired) electrons. The number of amides is 1. The first-order valence-electron chi connectivity index (χ1n) is 5.41. The lowest BCUT2D eigenvalue weighted by Crippen LogP contribution is -2.44. The molecule has 17 heavy (non-hydrogen) atoms. The SMILES string of the molecule is COc1ccc(CC2(C(N)=O)C=CCO2)cc1. The van der Waals surface area contributed by atoms with Gasteiger partial charge in [0.1, 0.15) is 5.75 Å². The monoisotopic (exact) mass is 233 g/mol. The Morgan fingerprint density at radius 3 is 2.65 bits per heavy atom. The van der Waals surface area contributed by atoms with Crippen LogP contribution < -0.4 is 10.5 Å². The molecular weight excluding hydrogens is 218 g/mol. The lowest BCUT2D eigenvalue weighted by Gasteiger charge is -2.23. The number of ether oxygens (including phenoxy) is 2. The molecule has 1 aromatic rings.